The van der Waals surface area contributed by atoms with E-state index in [0.717, 1.165) is 72.3 Å². The lowest BCUT2D eigenvalue weighted by atomic mass is 10.2. The van der Waals surface area contributed by atoms with Gasteiger partial charge in [-0.05, 0) is 19.8 Å². The highest BCUT2D eigenvalue weighted by molar-refractivity contribution is 8.00. The SMILES string of the molecule is CCNC(=NCCCSc1nccs1)NC1CCN(c2cc(OC)cc(OC)c2)C1. The minimum absolute atomic E-state index is 0.352. The molecule has 2 heterocycles. The summed E-state index contributed by atoms with van der Waals surface area (Å²) in [6.07, 6.45) is 3.94. The Morgan fingerprint density at radius 3 is 2.77 bits per heavy atom. The molecule has 1 atom stereocenters. The topological polar surface area (TPSA) is 71.0 Å². The molecule has 2 N–H and O–H groups in total. The molecule has 0 aliphatic carbocycles. The summed E-state index contributed by atoms with van der Waals surface area (Å²) in [6, 6.07) is 6.37. The molecule has 1 fully saturated rings. The van der Waals surface area contributed by atoms with Crippen molar-refractivity contribution in [2.24, 2.45) is 4.99 Å². The van der Waals surface area contributed by atoms with Gasteiger partial charge in [0.05, 0.1) is 14.2 Å². The van der Waals surface area contributed by atoms with Gasteiger partial charge in [0.25, 0.3) is 0 Å². The summed E-state index contributed by atoms with van der Waals surface area (Å²) in [5, 5.41) is 8.98. The number of ether oxygens (including phenoxy) is 2. The molecule has 0 saturated carbocycles. The Bertz CT molecular complexity index is 778. The highest BCUT2D eigenvalue weighted by Crippen LogP contribution is 2.30. The molecule has 1 aliphatic rings. The third-order valence-corrected chi connectivity index (χ3v) is 6.83. The van der Waals surface area contributed by atoms with Crippen molar-refractivity contribution in [3.05, 3.63) is 29.8 Å². The van der Waals surface area contributed by atoms with Crippen molar-refractivity contribution in [2.45, 2.75) is 30.1 Å². The molecule has 0 amide bonds. The van der Waals surface area contributed by atoms with E-state index in [4.69, 9.17) is 14.5 Å². The number of aromatic nitrogens is 1. The molecule has 0 spiro atoms. The number of hydrogen-bond donors (Lipinski definition) is 2. The zero-order valence-corrected chi connectivity index (χ0v) is 19.5. The second-order valence-corrected chi connectivity index (χ2v) is 9.14. The molecule has 0 bridgehead atoms. The van der Waals surface area contributed by atoms with E-state index in [1.54, 1.807) is 37.3 Å². The van der Waals surface area contributed by atoms with Crippen LogP contribution < -0.4 is 25.0 Å². The van der Waals surface area contributed by atoms with E-state index in [-0.39, 0.29) is 0 Å². The first kappa shape index (κ1) is 22.6. The monoisotopic (exact) mass is 449 g/mol. The van der Waals surface area contributed by atoms with E-state index in [9.17, 15) is 0 Å². The van der Waals surface area contributed by atoms with Crippen molar-refractivity contribution in [2.75, 3.05) is 51.1 Å². The fourth-order valence-corrected chi connectivity index (χ4v) is 4.93. The van der Waals surface area contributed by atoms with E-state index in [0.29, 0.717) is 6.04 Å². The summed E-state index contributed by atoms with van der Waals surface area (Å²) >= 11 is 3.49. The first-order valence-corrected chi connectivity index (χ1v) is 12.1. The molecule has 7 nitrogen and oxygen atoms in total. The highest BCUT2D eigenvalue weighted by Gasteiger charge is 2.24. The molecule has 0 radical (unpaired) electrons. The second kappa shape index (κ2) is 11.9. The van der Waals surface area contributed by atoms with Crippen LogP contribution in [0.2, 0.25) is 0 Å². The number of nitrogens with zero attached hydrogens (tertiary/aromatic N) is 3. The van der Waals surface area contributed by atoms with Crippen molar-refractivity contribution < 1.29 is 9.47 Å². The van der Waals surface area contributed by atoms with Crippen LogP contribution in [0.4, 0.5) is 5.69 Å². The van der Waals surface area contributed by atoms with Crippen LogP contribution in [0.5, 0.6) is 11.5 Å². The number of thiazole rings is 1. The molecule has 2 aromatic rings. The first-order valence-electron chi connectivity index (χ1n) is 10.3. The van der Waals surface area contributed by atoms with Gasteiger partial charge in [0.2, 0.25) is 0 Å². The van der Waals surface area contributed by atoms with Gasteiger partial charge in [-0.25, -0.2) is 4.98 Å². The summed E-state index contributed by atoms with van der Waals surface area (Å²) in [5.41, 5.74) is 1.12. The maximum Gasteiger partial charge on any atom is 0.191 e. The second-order valence-electron chi connectivity index (χ2n) is 6.91. The maximum atomic E-state index is 5.41. The Kier molecular flexibility index (Phi) is 8.95. The van der Waals surface area contributed by atoms with Gasteiger partial charge in [-0.3, -0.25) is 4.99 Å². The molecule has 1 aromatic carbocycles. The quantitative estimate of drug-likeness (QED) is 0.249. The summed E-state index contributed by atoms with van der Waals surface area (Å²) < 4.78 is 12.0. The van der Waals surface area contributed by atoms with E-state index in [1.165, 1.54) is 0 Å². The number of thioether (sulfide) groups is 1. The molecule has 1 aliphatic heterocycles. The Morgan fingerprint density at radius 2 is 2.10 bits per heavy atom. The van der Waals surface area contributed by atoms with Gasteiger partial charge in [0, 0.05) is 73.4 Å². The molecular formula is C21H31N5O2S2. The van der Waals surface area contributed by atoms with E-state index in [2.05, 4.69) is 39.6 Å². The van der Waals surface area contributed by atoms with Crippen LogP contribution in [0.15, 0.2) is 39.1 Å². The number of nitrogens with one attached hydrogen (secondary N) is 2. The van der Waals surface area contributed by atoms with Crippen LogP contribution in [0.25, 0.3) is 0 Å². The van der Waals surface area contributed by atoms with Gasteiger partial charge in [-0.1, -0.05) is 11.8 Å². The average Bonchev–Trinajstić information content (AvgIpc) is 3.45. The zero-order valence-electron chi connectivity index (χ0n) is 17.9. The summed E-state index contributed by atoms with van der Waals surface area (Å²) in [5.74, 6) is 3.55. The van der Waals surface area contributed by atoms with Crippen LogP contribution >= 0.6 is 23.1 Å². The summed E-state index contributed by atoms with van der Waals surface area (Å²) in [6.45, 7) is 5.65. The van der Waals surface area contributed by atoms with Crippen LogP contribution in [-0.2, 0) is 0 Å². The molecule has 1 unspecified atom stereocenters. The Labute approximate surface area is 187 Å². The lowest BCUT2D eigenvalue weighted by molar-refractivity contribution is 0.394. The minimum atomic E-state index is 0.352. The smallest absolute Gasteiger partial charge is 0.191 e. The van der Waals surface area contributed by atoms with Crippen molar-refractivity contribution in [1.29, 1.82) is 0 Å². The van der Waals surface area contributed by atoms with Crippen molar-refractivity contribution in [1.82, 2.24) is 15.6 Å². The van der Waals surface area contributed by atoms with Gasteiger partial charge in [0.15, 0.2) is 5.96 Å². The number of rotatable bonds is 10. The number of benzene rings is 1. The molecule has 164 valence electrons. The molecule has 30 heavy (non-hydrogen) atoms. The summed E-state index contributed by atoms with van der Waals surface area (Å²) in [7, 11) is 3.36. The number of guanidine groups is 1. The Morgan fingerprint density at radius 1 is 1.30 bits per heavy atom. The van der Waals surface area contributed by atoms with Crippen molar-refractivity contribution >= 4 is 34.7 Å². The summed E-state index contributed by atoms with van der Waals surface area (Å²) in [4.78, 5) is 11.4. The van der Waals surface area contributed by atoms with Gasteiger partial charge in [0.1, 0.15) is 15.8 Å². The predicted molar refractivity (Wildman–Crippen MR) is 127 cm³/mol. The lowest BCUT2D eigenvalue weighted by Crippen LogP contribution is -2.44. The fourth-order valence-electron chi connectivity index (χ4n) is 3.30. The molecule has 3 rings (SSSR count). The number of aliphatic imine (C=N–C) groups is 1. The van der Waals surface area contributed by atoms with E-state index < -0.39 is 0 Å². The first-order chi connectivity index (χ1) is 14.7. The number of hydrogen-bond acceptors (Lipinski definition) is 7. The Hall–Kier alpha value is -2.13. The van der Waals surface area contributed by atoms with Crippen LogP contribution in [0.1, 0.15) is 19.8 Å². The van der Waals surface area contributed by atoms with Gasteiger partial charge in [-0.15, -0.1) is 11.3 Å². The average molecular weight is 450 g/mol. The van der Waals surface area contributed by atoms with Crippen LogP contribution in [-0.4, -0.2) is 63.1 Å². The van der Waals surface area contributed by atoms with Crippen LogP contribution in [0, 0.1) is 0 Å². The maximum absolute atomic E-state index is 5.41. The lowest BCUT2D eigenvalue weighted by Gasteiger charge is -2.21. The van der Waals surface area contributed by atoms with Gasteiger partial charge < -0.3 is 25.0 Å². The van der Waals surface area contributed by atoms with Gasteiger partial charge >= 0.3 is 0 Å². The molecule has 1 saturated heterocycles. The van der Waals surface area contributed by atoms with E-state index >= 15 is 0 Å². The number of anilines is 1. The molecule has 1 aromatic heterocycles. The zero-order chi connectivity index (χ0) is 21.2. The third kappa shape index (κ3) is 6.70. The molecule has 9 heteroatoms. The van der Waals surface area contributed by atoms with E-state index in [1.807, 2.05) is 17.6 Å². The minimum Gasteiger partial charge on any atom is -0.497 e. The third-order valence-electron chi connectivity index (χ3n) is 4.78. The van der Waals surface area contributed by atoms with Crippen molar-refractivity contribution in [3.63, 3.8) is 0 Å². The predicted octanol–water partition coefficient (Wildman–Crippen LogP) is 3.48. The highest BCUT2D eigenvalue weighted by atomic mass is 32.2. The number of methoxy groups -OCH3 is 2. The van der Waals surface area contributed by atoms with Crippen molar-refractivity contribution in [3.8, 4) is 11.5 Å². The fraction of sp³-hybridized carbons (Fsp3) is 0.524. The largest absolute Gasteiger partial charge is 0.497 e. The Balaban J connectivity index is 1.50. The molecular weight excluding hydrogens is 418 g/mol. The van der Waals surface area contributed by atoms with Gasteiger partial charge in [-0.2, -0.15) is 0 Å². The standard InChI is InChI=1S/C21H31N5O2S2/c1-4-22-20(23-7-5-10-29-21-24-8-11-30-21)25-16-6-9-26(15-16)17-12-18(27-2)14-19(13-17)28-3/h8,11-14,16H,4-7,9-10,15H2,1-3H3,(H2,22,23,25). The normalized spacial score (nSPS) is 16.6. The van der Waals surface area contributed by atoms with Crippen LogP contribution in [0.3, 0.4) is 0 Å².